The number of imidazole rings is 1. The Morgan fingerprint density at radius 3 is 2.72 bits per heavy atom. The van der Waals surface area contributed by atoms with Crippen molar-refractivity contribution in [2.75, 3.05) is 13.2 Å². The highest BCUT2D eigenvalue weighted by Crippen LogP contribution is 2.23. The molecule has 1 amide bonds. The topological polar surface area (TPSA) is 56.2 Å². The van der Waals surface area contributed by atoms with Crippen LogP contribution in [0.15, 0.2) is 77.3 Å². The van der Waals surface area contributed by atoms with E-state index in [2.05, 4.69) is 31.9 Å². The van der Waals surface area contributed by atoms with E-state index < -0.39 is 0 Å². The molecule has 0 unspecified atom stereocenters. The third kappa shape index (κ3) is 5.50. The van der Waals surface area contributed by atoms with Crippen LogP contribution in [0.3, 0.4) is 0 Å². The molecule has 0 bridgehead atoms. The summed E-state index contributed by atoms with van der Waals surface area (Å²) in [6, 6.07) is 22.9. The molecule has 4 aromatic rings. The first-order chi connectivity index (χ1) is 15.6. The number of carbonyl (C=O) groups is 1. The normalized spacial score (nSPS) is 10.9. The summed E-state index contributed by atoms with van der Waals surface area (Å²) in [7, 11) is 0. The van der Waals surface area contributed by atoms with Gasteiger partial charge in [0.05, 0.1) is 22.6 Å². The van der Waals surface area contributed by atoms with E-state index in [-0.39, 0.29) is 5.91 Å². The SMILES string of the molecule is O=C(NCCCc1nc2ccccc2n1CCOc1ccccc1Cl)c1cccc(Br)c1. The summed E-state index contributed by atoms with van der Waals surface area (Å²) >= 11 is 9.59. The molecule has 0 fully saturated rings. The van der Waals surface area contributed by atoms with Crippen molar-refractivity contribution in [2.24, 2.45) is 0 Å². The second-order valence-electron chi connectivity index (χ2n) is 7.32. The molecular weight excluding hydrogens is 490 g/mol. The average molecular weight is 513 g/mol. The van der Waals surface area contributed by atoms with E-state index >= 15 is 0 Å². The highest BCUT2D eigenvalue weighted by atomic mass is 79.9. The number of carbonyl (C=O) groups excluding carboxylic acids is 1. The Bertz CT molecular complexity index is 1220. The number of para-hydroxylation sites is 3. The number of aryl methyl sites for hydroxylation is 1. The van der Waals surface area contributed by atoms with E-state index in [1.807, 2.05) is 60.7 Å². The molecule has 3 aromatic carbocycles. The molecular formula is C25H23BrClN3O2. The van der Waals surface area contributed by atoms with Gasteiger partial charge in [0.15, 0.2) is 0 Å². The van der Waals surface area contributed by atoms with Gasteiger partial charge in [-0.05, 0) is 48.9 Å². The summed E-state index contributed by atoms with van der Waals surface area (Å²) in [4.78, 5) is 17.1. The molecule has 0 atom stereocenters. The molecule has 0 aliphatic rings. The van der Waals surface area contributed by atoms with Gasteiger partial charge in [0.2, 0.25) is 0 Å². The molecule has 1 aromatic heterocycles. The standard InChI is InChI=1S/C25H23BrClN3O2/c26-19-8-5-7-18(17-19)25(31)28-14-6-13-24-29-21-10-2-3-11-22(21)30(24)15-16-32-23-12-4-1-9-20(23)27/h1-5,7-12,17H,6,13-16H2,(H,28,31). The first-order valence-electron chi connectivity index (χ1n) is 10.5. The number of halogens is 2. The van der Waals surface area contributed by atoms with E-state index in [9.17, 15) is 4.79 Å². The van der Waals surface area contributed by atoms with Crippen LogP contribution in [0.2, 0.25) is 5.02 Å². The van der Waals surface area contributed by atoms with Crippen LogP contribution >= 0.6 is 27.5 Å². The molecule has 5 nitrogen and oxygen atoms in total. The summed E-state index contributed by atoms with van der Waals surface area (Å²) in [5.74, 6) is 1.58. The molecule has 4 rings (SSSR count). The van der Waals surface area contributed by atoms with Gasteiger partial charge in [-0.3, -0.25) is 4.79 Å². The number of nitrogens with zero attached hydrogens (tertiary/aromatic N) is 2. The van der Waals surface area contributed by atoms with Gasteiger partial charge in [0.25, 0.3) is 5.91 Å². The maximum atomic E-state index is 12.3. The van der Waals surface area contributed by atoms with Gasteiger partial charge in [-0.25, -0.2) is 4.98 Å². The summed E-state index contributed by atoms with van der Waals surface area (Å²) in [5.41, 5.74) is 2.67. The van der Waals surface area contributed by atoms with Gasteiger partial charge < -0.3 is 14.6 Å². The van der Waals surface area contributed by atoms with Crippen LogP contribution in [-0.2, 0) is 13.0 Å². The third-order valence-electron chi connectivity index (χ3n) is 5.09. The van der Waals surface area contributed by atoms with E-state index in [1.54, 1.807) is 6.07 Å². The zero-order chi connectivity index (χ0) is 22.3. The van der Waals surface area contributed by atoms with Crippen molar-refractivity contribution in [1.29, 1.82) is 0 Å². The summed E-state index contributed by atoms with van der Waals surface area (Å²) in [5, 5.41) is 3.59. The van der Waals surface area contributed by atoms with Crippen molar-refractivity contribution >= 4 is 44.5 Å². The maximum Gasteiger partial charge on any atom is 0.251 e. The molecule has 1 N–H and O–H groups in total. The van der Waals surface area contributed by atoms with Gasteiger partial charge in [-0.2, -0.15) is 0 Å². The van der Waals surface area contributed by atoms with E-state index in [0.717, 1.165) is 34.2 Å². The Kier molecular flexibility index (Phi) is 7.45. The molecule has 0 radical (unpaired) electrons. The quantitative estimate of drug-likeness (QED) is 0.284. The third-order valence-corrected chi connectivity index (χ3v) is 5.90. The predicted octanol–water partition coefficient (Wildman–Crippen LogP) is 5.89. The molecule has 0 spiro atoms. The Hall–Kier alpha value is -2.83. The van der Waals surface area contributed by atoms with Gasteiger partial charge in [0, 0.05) is 23.0 Å². The van der Waals surface area contributed by atoms with Crippen LogP contribution in [0.5, 0.6) is 5.75 Å². The number of hydrogen-bond donors (Lipinski definition) is 1. The smallest absolute Gasteiger partial charge is 0.251 e. The van der Waals surface area contributed by atoms with Crippen molar-refractivity contribution in [1.82, 2.24) is 14.9 Å². The van der Waals surface area contributed by atoms with Crippen LogP contribution in [0, 0.1) is 0 Å². The lowest BCUT2D eigenvalue weighted by Crippen LogP contribution is -2.25. The van der Waals surface area contributed by atoms with E-state index in [0.29, 0.717) is 36.0 Å². The van der Waals surface area contributed by atoms with Crippen molar-refractivity contribution in [3.63, 3.8) is 0 Å². The number of amides is 1. The number of nitrogens with one attached hydrogen (secondary N) is 1. The van der Waals surface area contributed by atoms with Crippen molar-refractivity contribution in [2.45, 2.75) is 19.4 Å². The number of fused-ring (bicyclic) bond motifs is 1. The van der Waals surface area contributed by atoms with Gasteiger partial charge in [0.1, 0.15) is 18.2 Å². The van der Waals surface area contributed by atoms with Gasteiger partial charge >= 0.3 is 0 Å². The Morgan fingerprint density at radius 1 is 1.06 bits per heavy atom. The zero-order valence-electron chi connectivity index (χ0n) is 17.4. The molecule has 0 saturated heterocycles. The Labute approximate surface area is 200 Å². The second kappa shape index (κ2) is 10.7. The fraction of sp³-hybridized carbons (Fsp3) is 0.200. The fourth-order valence-electron chi connectivity index (χ4n) is 3.55. The Morgan fingerprint density at radius 2 is 1.88 bits per heavy atom. The number of aromatic nitrogens is 2. The van der Waals surface area contributed by atoms with Crippen LogP contribution in [-0.4, -0.2) is 28.6 Å². The van der Waals surface area contributed by atoms with Crippen molar-refractivity contribution < 1.29 is 9.53 Å². The summed E-state index contributed by atoms with van der Waals surface area (Å²) in [6.07, 6.45) is 1.54. The number of benzene rings is 3. The lowest BCUT2D eigenvalue weighted by atomic mass is 10.2. The van der Waals surface area contributed by atoms with Crippen LogP contribution < -0.4 is 10.1 Å². The number of ether oxygens (including phenoxy) is 1. The predicted molar refractivity (Wildman–Crippen MR) is 131 cm³/mol. The van der Waals surface area contributed by atoms with Crippen molar-refractivity contribution in [3.05, 3.63) is 93.7 Å². The molecule has 0 aliphatic heterocycles. The fourth-order valence-corrected chi connectivity index (χ4v) is 4.14. The minimum Gasteiger partial charge on any atom is -0.490 e. The van der Waals surface area contributed by atoms with Crippen molar-refractivity contribution in [3.8, 4) is 5.75 Å². The minimum atomic E-state index is -0.0760. The highest BCUT2D eigenvalue weighted by Gasteiger charge is 2.11. The second-order valence-corrected chi connectivity index (χ2v) is 8.64. The maximum absolute atomic E-state index is 12.3. The van der Waals surface area contributed by atoms with Crippen LogP contribution in [0.1, 0.15) is 22.6 Å². The average Bonchev–Trinajstić information content (AvgIpc) is 3.15. The lowest BCUT2D eigenvalue weighted by molar-refractivity contribution is 0.0953. The monoisotopic (exact) mass is 511 g/mol. The van der Waals surface area contributed by atoms with Gasteiger partial charge in [-0.15, -0.1) is 0 Å². The van der Waals surface area contributed by atoms with E-state index in [4.69, 9.17) is 21.3 Å². The largest absolute Gasteiger partial charge is 0.490 e. The summed E-state index contributed by atoms with van der Waals surface area (Å²) in [6.45, 7) is 1.72. The molecule has 7 heteroatoms. The lowest BCUT2D eigenvalue weighted by Gasteiger charge is -2.12. The number of hydrogen-bond acceptors (Lipinski definition) is 3. The molecule has 0 aliphatic carbocycles. The Balaban J connectivity index is 1.37. The zero-order valence-corrected chi connectivity index (χ0v) is 19.8. The first-order valence-corrected chi connectivity index (χ1v) is 11.6. The molecule has 164 valence electrons. The highest BCUT2D eigenvalue weighted by molar-refractivity contribution is 9.10. The molecule has 32 heavy (non-hydrogen) atoms. The minimum absolute atomic E-state index is 0.0760. The molecule has 0 saturated carbocycles. The van der Waals surface area contributed by atoms with E-state index in [1.165, 1.54) is 0 Å². The first kappa shape index (κ1) is 22.4. The van der Waals surface area contributed by atoms with Crippen LogP contribution in [0.4, 0.5) is 0 Å². The molecule has 1 heterocycles. The van der Waals surface area contributed by atoms with Crippen LogP contribution in [0.25, 0.3) is 11.0 Å². The summed E-state index contributed by atoms with van der Waals surface area (Å²) < 4.78 is 8.96. The van der Waals surface area contributed by atoms with Gasteiger partial charge in [-0.1, -0.05) is 57.9 Å². The number of rotatable bonds is 9.